The van der Waals surface area contributed by atoms with Gasteiger partial charge in [-0.05, 0) is 24.0 Å². The number of esters is 2. The van der Waals surface area contributed by atoms with E-state index in [0.29, 0.717) is 0 Å². The van der Waals surface area contributed by atoms with Gasteiger partial charge in [-0.1, -0.05) is 33.8 Å². The van der Waals surface area contributed by atoms with Gasteiger partial charge in [-0.3, -0.25) is 0 Å². The first-order valence-electron chi connectivity index (χ1n) is 7.80. The van der Waals surface area contributed by atoms with Crippen molar-refractivity contribution in [1.82, 2.24) is 0 Å². The molecule has 1 aromatic carbocycles. The van der Waals surface area contributed by atoms with Gasteiger partial charge < -0.3 is 25.7 Å². The van der Waals surface area contributed by atoms with E-state index in [9.17, 15) is 9.59 Å². The van der Waals surface area contributed by atoms with E-state index in [0.717, 1.165) is 0 Å². The number of nitrogens with two attached hydrogens (primary N) is 2. The van der Waals surface area contributed by atoms with Crippen molar-refractivity contribution in [2.24, 2.45) is 23.3 Å². The summed E-state index contributed by atoms with van der Waals surface area (Å²) in [6, 6.07) is 3.09. The largest absolute Gasteiger partial charge is 0.493 e. The highest BCUT2D eigenvalue weighted by Gasteiger charge is 2.26. The van der Waals surface area contributed by atoms with Crippen molar-refractivity contribution in [1.29, 1.82) is 0 Å². The predicted molar refractivity (Wildman–Crippen MR) is 89.9 cm³/mol. The first kappa shape index (κ1) is 19.9. The monoisotopic (exact) mass is 338 g/mol. The molecule has 1 rings (SSSR count). The highest BCUT2D eigenvalue weighted by molar-refractivity contribution is 5.82. The van der Waals surface area contributed by atoms with Gasteiger partial charge in [0.05, 0.1) is 7.11 Å². The van der Waals surface area contributed by atoms with Gasteiger partial charge in [0.15, 0.2) is 11.5 Å². The maximum Gasteiger partial charge on any atom is 0.328 e. The summed E-state index contributed by atoms with van der Waals surface area (Å²) in [5.74, 6) is -1.15. The van der Waals surface area contributed by atoms with Crippen molar-refractivity contribution in [3.05, 3.63) is 18.2 Å². The van der Waals surface area contributed by atoms with Crippen LogP contribution in [0.15, 0.2) is 18.2 Å². The molecule has 7 heteroatoms. The van der Waals surface area contributed by atoms with E-state index >= 15 is 0 Å². The minimum atomic E-state index is -0.809. The lowest BCUT2D eigenvalue weighted by Gasteiger charge is -2.19. The first-order chi connectivity index (χ1) is 11.2. The number of hydrogen-bond donors (Lipinski definition) is 2. The molecule has 24 heavy (non-hydrogen) atoms. The van der Waals surface area contributed by atoms with Crippen molar-refractivity contribution in [2.45, 2.75) is 39.8 Å². The Morgan fingerprint density at radius 1 is 0.875 bits per heavy atom. The zero-order chi connectivity index (χ0) is 18.4. The van der Waals surface area contributed by atoms with Crippen LogP contribution < -0.4 is 25.7 Å². The van der Waals surface area contributed by atoms with E-state index in [2.05, 4.69) is 0 Å². The third-order valence-electron chi connectivity index (χ3n) is 3.56. The second-order valence-corrected chi connectivity index (χ2v) is 6.17. The summed E-state index contributed by atoms with van der Waals surface area (Å²) in [7, 11) is 1.42. The molecule has 0 saturated heterocycles. The molecule has 0 fully saturated rings. The van der Waals surface area contributed by atoms with Gasteiger partial charge in [0.2, 0.25) is 5.75 Å². The second kappa shape index (κ2) is 8.65. The Morgan fingerprint density at radius 3 is 1.79 bits per heavy atom. The number of hydrogen-bond acceptors (Lipinski definition) is 7. The second-order valence-electron chi connectivity index (χ2n) is 6.17. The third-order valence-corrected chi connectivity index (χ3v) is 3.56. The molecule has 0 radical (unpaired) electrons. The van der Waals surface area contributed by atoms with E-state index in [1.807, 2.05) is 0 Å². The summed E-state index contributed by atoms with van der Waals surface area (Å²) in [5, 5.41) is 0. The van der Waals surface area contributed by atoms with E-state index in [1.165, 1.54) is 13.2 Å². The molecule has 0 aromatic heterocycles. The average Bonchev–Trinajstić information content (AvgIpc) is 2.54. The molecule has 0 bridgehead atoms. The molecule has 134 valence electrons. The molecule has 7 nitrogen and oxygen atoms in total. The number of para-hydroxylation sites is 1. The van der Waals surface area contributed by atoms with Gasteiger partial charge in [-0.25, -0.2) is 9.59 Å². The molecule has 0 heterocycles. The van der Waals surface area contributed by atoms with Crippen molar-refractivity contribution in [3.8, 4) is 17.2 Å². The molecule has 1 aromatic rings. The fourth-order valence-electron chi connectivity index (χ4n) is 1.73. The normalized spacial score (nSPS) is 13.5. The van der Waals surface area contributed by atoms with Crippen LogP contribution in [-0.2, 0) is 9.59 Å². The summed E-state index contributed by atoms with van der Waals surface area (Å²) >= 11 is 0. The molecule has 0 aliphatic heterocycles. The molecule has 0 aliphatic rings. The van der Waals surface area contributed by atoms with Crippen molar-refractivity contribution in [2.75, 3.05) is 7.11 Å². The number of benzene rings is 1. The molecule has 2 atom stereocenters. The SMILES string of the molecule is COc1cccc(OC(=O)C(N)C(C)C)c1OC(=O)C(N)C(C)C. The Hall–Kier alpha value is -2.12. The van der Waals surface area contributed by atoms with Gasteiger partial charge in [0, 0.05) is 0 Å². The van der Waals surface area contributed by atoms with Crippen LogP contribution >= 0.6 is 0 Å². The fraction of sp³-hybridized carbons (Fsp3) is 0.529. The zero-order valence-corrected chi connectivity index (χ0v) is 14.7. The summed E-state index contributed by atoms with van der Waals surface area (Å²) in [5.41, 5.74) is 11.6. The van der Waals surface area contributed by atoms with E-state index in [1.54, 1.807) is 39.8 Å². The molecular formula is C17H26N2O5. The fourth-order valence-corrected chi connectivity index (χ4v) is 1.73. The lowest BCUT2D eigenvalue weighted by Crippen LogP contribution is -2.39. The van der Waals surface area contributed by atoms with Gasteiger partial charge >= 0.3 is 11.9 Å². The van der Waals surface area contributed by atoms with Gasteiger partial charge in [0.1, 0.15) is 12.1 Å². The molecule has 0 saturated carbocycles. The summed E-state index contributed by atoms with van der Waals surface area (Å²) in [6.07, 6.45) is 0. The quantitative estimate of drug-likeness (QED) is 0.571. The summed E-state index contributed by atoms with van der Waals surface area (Å²) in [6.45, 7) is 7.22. The van der Waals surface area contributed by atoms with Gasteiger partial charge in [-0.2, -0.15) is 0 Å². The number of methoxy groups -OCH3 is 1. The van der Waals surface area contributed by atoms with E-state index in [-0.39, 0.29) is 29.1 Å². The molecule has 0 spiro atoms. The van der Waals surface area contributed by atoms with E-state index < -0.39 is 24.0 Å². The van der Waals surface area contributed by atoms with Crippen LogP contribution in [0.2, 0.25) is 0 Å². The van der Waals surface area contributed by atoms with Crippen molar-refractivity contribution < 1.29 is 23.8 Å². The minimum absolute atomic E-state index is 0.00501. The standard InChI is InChI=1S/C17H26N2O5/c1-9(2)13(18)16(20)23-12-8-6-7-11(22-5)15(12)24-17(21)14(19)10(3)4/h6-10,13-14H,18-19H2,1-5H3. The maximum absolute atomic E-state index is 12.1. The van der Waals surface area contributed by atoms with Gasteiger partial charge in [-0.15, -0.1) is 0 Å². The maximum atomic E-state index is 12.1. The minimum Gasteiger partial charge on any atom is -0.493 e. The Balaban J connectivity index is 3.09. The average molecular weight is 338 g/mol. The number of carbonyl (C=O) groups is 2. The molecular weight excluding hydrogens is 312 g/mol. The summed E-state index contributed by atoms with van der Waals surface area (Å²) < 4.78 is 15.8. The molecule has 2 unspecified atom stereocenters. The smallest absolute Gasteiger partial charge is 0.328 e. The highest BCUT2D eigenvalue weighted by atomic mass is 16.6. The lowest BCUT2D eigenvalue weighted by molar-refractivity contribution is -0.139. The third kappa shape index (κ3) is 4.94. The number of rotatable bonds is 7. The molecule has 0 aliphatic carbocycles. The van der Waals surface area contributed by atoms with Crippen molar-refractivity contribution >= 4 is 11.9 Å². The van der Waals surface area contributed by atoms with E-state index in [4.69, 9.17) is 25.7 Å². The Morgan fingerprint density at radius 2 is 1.33 bits per heavy atom. The predicted octanol–water partition coefficient (Wildman–Crippen LogP) is 1.47. The summed E-state index contributed by atoms with van der Waals surface area (Å²) in [4.78, 5) is 24.2. The van der Waals surface area contributed by atoms with Crippen LogP contribution in [0.4, 0.5) is 0 Å². The number of ether oxygens (including phenoxy) is 3. The van der Waals surface area contributed by atoms with Gasteiger partial charge in [0.25, 0.3) is 0 Å². The van der Waals surface area contributed by atoms with Crippen LogP contribution in [0, 0.1) is 11.8 Å². The van der Waals surface area contributed by atoms with Crippen LogP contribution in [0.5, 0.6) is 17.2 Å². The van der Waals surface area contributed by atoms with Crippen LogP contribution in [0.25, 0.3) is 0 Å². The van der Waals surface area contributed by atoms with Crippen LogP contribution in [0.3, 0.4) is 0 Å². The Labute approximate surface area is 142 Å². The van der Waals surface area contributed by atoms with Crippen LogP contribution in [0.1, 0.15) is 27.7 Å². The highest BCUT2D eigenvalue weighted by Crippen LogP contribution is 2.37. The van der Waals surface area contributed by atoms with Crippen LogP contribution in [-0.4, -0.2) is 31.1 Å². The van der Waals surface area contributed by atoms with Crippen molar-refractivity contribution in [3.63, 3.8) is 0 Å². The number of carbonyl (C=O) groups excluding carboxylic acids is 2. The Kier molecular flexibility index (Phi) is 7.18. The lowest BCUT2D eigenvalue weighted by atomic mass is 10.1. The first-order valence-corrected chi connectivity index (χ1v) is 7.80. The zero-order valence-electron chi connectivity index (χ0n) is 14.7. The molecule has 0 amide bonds. The molecule has 4 N–H and O–H groups in total. The Bertz CT molecular complexity index is 586. The topological polar surface area (TPSA) is 114 Å².